The number of Topliss-reactive ketones (excluding diaryl/α,β-unsaturated/α-hetero) is 1. The van der Waals surface area contributed by atoms with Crippen LogP contribution in [0, 0.1) is 6.92 Å². The molecule has 0 unspecified atom stereocenters. The van der Waals surface area contributed by atoms with E-state index in [-0.39, 0.29) is 11.4 Å². The molecule has 0 aliphatic carbocycles. The van der Waals surface area contributed by atoms with E-state index in [9.17, 15) is 9.90 Å². The van der Waals surface area contributed by atoms with Crippen molar-refractivity contribution in [2.24, 2.45) is 5.73 Å². The maximum atomic E-state index is 12.1. The van der Waals surface area contributed by atoms with Crippen molar-refractivity contribution in [3.05, 3.63) is 47.2 Å². The number of ketones is 1. The standard InChI is InChI=1S/C13H18N2O2/c1-9-4-6-10(7-5-9)12(16)11(13(14)17)8-15(2)3/h4-8,13,17H,14H2,1-3H3/b11-8-/t13-/m1/s1. The van der Waals surface area contributed by atoms with Gasteiger partial charge in [-0.2, -0.15) is 0 Å². The van der Waals surface area contributed by atoms with E-state index in [0.717, 1.165) is 5.56 Å². The normalized spacial score (nSPS) is 13.4. The Labute approximate surface area is 101 Å². The molecule has 0 saturated heterocycles. The zero-order chi connectivity index (χ0) is 13.0. The molecule has 0 aliphatic rings. The third-order valence-electron chi connectivity index (χ3n) is 2.29. The Morgan fingerprint density at radius 3 is 2.29 bits per heavy atom. The number of hydrogen-bond donors (Lipinski definition) is 2. The van der Waals surface area contributed by atoms with Gasteiger partial charge in [0.15, 0.2) is 5.78 Å². The van der Waals surface area contributed by atoms with Gasteiger partial charge in [0, 0.05) is 25.9 Å². The summed E-state index contributed by atoms with van der Waals surface area (Å²) in [6.45, 7) is 1.95. The minimum Gasteiger partial charge on any atom is -0.383 e. The molecule has 4 heteroatoms. The van der Waals surface area contributed by atoms with Crippen LogP contribution in [0.25, 0.3) is 0 Å². The van der Waals surface area contributed by atoms with Crippen LogP contribution in [-0.4, -0.2) is 36.1 Å². The molecule has 1 aromatic carbocycles. The van der Waals surface area contributed by atoms with Crippen LogP contribution in [0.5, 0.6) is 0 Å². The van der Waals surface area contributed by atoms with Crippen LogP contribution in [0.2, 0.25) is 0 Å². The lowest BCUT2D eigenvalue weighted by molar-refractivity contribution is 0.0987. The highest BCUT2D eigenvalue weighted by molar-refractivity contribution is 6.09. The number of nitrogens with zero attached hydrogens (tertiary/aromatic N) is 1. The third kappa shape index (κ3) is 3.69. The number of benzene rings is 1. The molecule has 0 radical (unpaired) electrons. The Bertz CT molecular complexity index is 420. The zero-order valence-corrected chi connectivity index (χ0v) is 10.3. The quantitative estimate of drug-likeness (QED) is 0.461. The first-order valence-electron chi connectivity index (χ1n) is 5.35. The van der Waals surface area contributed by atoms with Gasteiger partial charge in [-0.15, -0.1) is 0 Å². The van der Waals surface area contributed by atoms with Crippen molar-refractivity contribution in [2.45, 2.75) is 13.2 Å². The summed E-state index contributed by atoms with van der Waals surface area (Å²) in [7, 11) is 3.54. The summed E-state index contributed by atoms with van der Waals surface area (Å²) in [5, 5.41) is 9.41. The van der Waals surface area contributed by atoms with Crippen molar-refractivity contribution < 1.29 is 9.90 Å². The summed E-state index contributed by atoms with van der Waals surface area (Å²) < 4.78 is 0. The molecule has 0 saturated carbocycles. The van der Waals surface area contributed by atoms with Crippen molar-refractivity contribution in [2.75, 3.05) is 14.1 Å². The Morgan fingerprint density at radius 2 is 1.88 bits per heavy atom. The van der Waals surface area contributed by atoms with Gasteiger partial charge in [0.2, 0.25) is 0 Å². The van der Waals surface area contributed by atoms with Crippen molar-refractivity contribution in [1.29, 1.82) is 0 Å². The second kappa shape index (κ2) is 5.61. The van der Waals surface area contributed by atoms with Crippen LogP contribution in [0.1, 0.15) is 15.9 Å². The molecule has 3 N–H and O–H groups in total. The molecule has 92 valence electrons. The Hall–Kier alpha value is -1.65. The number of aryl methyl sites for hydroxylation is 1. The molecule has 1 aromatic rings. The first-order chi connectivity index (χ1) is 7.91. The second-order valence-electron chi connectivity index (χ2n) is 4.19. The van der Waals surface area contributed by atoms with Gasteiger partial charge in [0.25, 0.3) is 0 Å². The molecule has 0 spiro atoms. The van der Waals surface area contributed by atoms with Gasteiger partial charge in [0.05, 0.1) is 5.57 Å². The fourth-order valence-corrected chi connectivity index (χ4v) is 1.42. The highest BCUT2D eigenvalue weighted by Gasteiger charge is 2.17. The van der Waals surface area contributed by atoms with Gasteiger partial charge in [-0.3, -0.25) is 4.79 Å². The summed E-state index contributed by atoms with van der Waals surface area (Å²) in [5.41, 5.74) is 7.17. The lowest BCUT2D eigenvalue weighted by Gasteiger charge is -2.13. The molecule has 0 bridgehead atoms. The molecule has 4 nitrogen and oxygen atoms in total. The van der Waals surface area contributed by atoms with E-state index >= 15 is 0 Å². The average molecular weight is 234 g/mol. The average Bonchev–Trinajstić information content (AvgIpc) is 2.25. The summed E-state index contributed by atoms with van der Waals surface area (Å²) in [6, 6.07) is 7.15. The Balaban J connectivity index is 3.05. The van der Waals surface area contributed by atoms with Crippen LogP contribution < -0.4 is 5.73 Å². The maximum Gasteiger partial charge on any atom is 0.194 e. The predicted molar refractivity (Wildman–Crippen MR) is 67.5 cm³/mol. The lowest BCUT2D eigenvalue weighted by Crippen LogP contribution is -2.28. The van der Waals surface area contributed by atoms with Crippen molar-refractivity contribution in [3.63, 3.8) is 0 Å². The summed E-state index contributed by atoms with van der Waals surface area (Å²) in [6.07, 6.45) is 0.263. The van der Waals surface area contributed by atoms with E-state index < -0.39 is 6.23 Å². The van der Waals surface area contributed by atoms with Crippen LogP contribution in [0.4, 0.5) is 0 Å². The van der Waals surface area contributed by atoms with Crippen molar-refractivity contribution >= 4 is 5.78 Å². The zero-order valence-electron chi connectivity index (χ0n) is 10.3. The largest absolute Gasteiger partial charge is 0.383 e. The lowest BCUT2D eigenvalue weighted by atomic mass is 10.0. The number of nitrogens with two attached hydrogens (primary N) is 1. The van der Waals surface area contributed by atoms with Gasteiger partial charge in [-0.25, -0.2) is 0 Å². The summed E-state index contributed by atoms with van der Waals surface area (Å²) in [5.74, 6) is -0.256. The van der Waals surface area contributed by atoms with Crippen LogP contribution in [0.15, 0.2) is 36.0 Å². The molecule has 0 fully saturated rings. The van der Waals surface area contributed by atoms with Crippen molar-refractivity contribution in [1.82, 2.24) is 4.90 Å². The molecular weight excluding hydrogens is 216 g/mol. The molecule has 1 atom stereocenters. The number of carbonyl (C=O) groups is 1. The molecule has 0 heterocycles. The minimum atomic E-state index is -1.27. The number of aliphatic hydroxyl groups is 1. The van der Waals surface area contributed by atoms with Gasteiger partial charge in [0.1, 0.15) is 6.23 Å². The number of carbonyl (C=O) groups excluding carboxylic acids is 1. The number of rotatable bonds is 4. The SMILES string of the molecule is Cc1ccc(C(=O)/C(=C/N(C)C)[C@H](N)O)cc1. The van der Waals surface area contributed by atoms with E-state index in [1.165, 1.54) is 6.20 Å². The number of hydrogen-bond acceptors (Lipinski definition) is 4. The van der Waals surface area contributed by atoms with Gasteiger partial charge in [-0.05, 0) is 6.92 Å². The van der Waals surface area contributed by atoms with Crippen LogP contribution in [-0.2, 0) is 0 Å². The second-order valence-corrected chi connectivity index (χ2v) is 4.19. The molecular formula is C13H18N2O2. The maximum absolute atomic E-state index is 12.1. The van der Waals surface area contributed by atoms with Gasteiger partial charge < -0.3 is 15.7 Å². The third-order valence-corrected chi connectivity index (χ3v) is 2.29. The highest BCUT2D eigenvalue weighted by atomic mass is 16.3. The van der Waals surface area contributed by atoms with Crippen LogP contribution in [0.3, 0.4) is 0 Å². The number of aliphatic hydroxyl groups excluding tert-OH is 1. The van der Waals surface area contributed by atoms with Crippen molar-refractivity contribution in [3.8, 4) is 0 Å². The van der Waals surface area contributed by atoms with E-state index in [1.807, 2.05) is 19.1 Å². The fraction of sp³-hybridized carbons (Fsp3) is 0.308. The van der Waals surface area contributed by atoms with E-state index in [2.05, 4.69) is 0 Å². The first kappa shape index (κ1) is 13.4. The summed E-state index contributed by atoms with van der Waals surface area (Å²) >= 11 is 0. The molecule has 0 aromatic heterocycles. The fourth-order valence-electron chi connectivity index (χ4n) is 1.42. The predicted octanol–water partition coefficient (Wildman–Crippen LogP) is 0.900. The monoisotopic (exact) mass is 234 g/mol. The Kier molecular flexibility index (Phi) is 4.43. The van der Waals surface area contributed by atoms with Crippen LogP contribution >= 0.6 is 0 Å². The van der Waals surface area contributed by atoms with E-state index in [0.29, 0.717) is 5.56 Å². The molecule has 0 aliphatic heterocycles. The van der Waals surface area contributed by atoms with E-state index in [1.54, 1.807) is 31.1 Å². The highest BCUT2D eigenvalue weighted by Crippen LogP contribution is 2.11. The van der Waals surface area contributed by atoms with Gasteiger partial charge >= 0.3 is 0 Å². The van der Waals surface area contributed by atoms with Gasteiger partial charge in [-0.1, -0.05) is 29.8 Å². The topological polar surface area (TPSA) is 66.6 Å². The Morgan fingerprint density at radius 1 is 1.35 bits per heavy atom. The molecule has 1 rings (SSSR count). The molecule has 17 heavy (non-hydrogen) atoms. The minimum absolute atomic E-state index is 0.179. The summed E-state index contributed by atoms with van der Waals surface area (Å²) in [4.78, 5) is 13.8. The smallest absolute Gasteiger partial charge is 0.194 e. The molecule has 0 amide bonds. The van der Waals surface area contributed by atoms with E-state index in [4.69, 9.17) is 5.73 Å². The first-order valence-corrected chi connectivity index (χ1v) is 5.35.